The normalized spacial score (nSPS) is 10.1. The largest absolute Gasteiger partial charge is 0.0683 e. The zero-order valence-corrected chi connectivity index (χ0v) is 15.1. The van der Waals surface area contributed by atoms with E-state index in [2.05, 4.69) is 38.1 Å². The average molecular weight is 291 g/mol. The summed E-state index contributed by atoms with van der Waals surface area (Å²) in [7, 11) is 0. The Balaban J connectivity index is 0.00000191. The van der Waals surface area contributed by atoms with E-state index in [0.29, 0.717) is 0 Å². The highest BCUT2D eigenvalue weighted by molar-refractivity contribution is 5.22. The van der Waals surface area contributed by atoms with Crippen molar-refractivity contribution in [2.75, 3.05) is 0 Å². The maximum atomic E-state index is 2.34. The molecule has 1 aromatic rings. The second-order valence-electron chi connectivity index (χ2n) is 5.79. The first-order chi connectivity index (χ1) is 10.4. The van der Waals surface area contributed by atoms with Crippen LogP contribution in [0.15, 0.2) is 24.3 Å². The van der Waals surface area contributed by atoms with Gasteiger partial charge in [0.2, 0.25) is 0 Å². The summed E-state index contributed by atoms with van der Waals surface area (Å²) < 4.78 is 0. The van der Waals surface area contributed by atoms with Crippen LogP contribution in [-0.4, -0.2) is 0 Å². The Labute approximate surface area is 134 Å². The maximum Gasteiger partial charge on any atom is -0.0279 e. The van der Waals surface area contributed by atoms with Crippen LogP contribution >= 0.6 is 0 Å². The minimum atomic E-state index is 1.26. The van der Waals surface area contributed by atoms with Gasteiger partial charge in [0, 0.05) is 0 Å². The smallest absolute Gasteiger partial charge is 0.0279 e. The number of aryl methyl sites for hydroxylation is 2. The van der Waals surface area contributed by atoms with E-state index in [1.54, 1.807) is 0 Å². The fourth-order valence-corrected chi connectivity index (χ4v) is 2.56. The Morgan fingerprint density at radius 1 is 0.524 bits per heavy atom. The van der Waals surface area contributed by atoms with E-state index >= 15 is 0 Å². The lowest BCUT2D eigenvalue weighted by Gasteiger charge is -2.04. The maximum absolute atomic E-state index is 2.34. The van der Waals surface area contributed by atoms with Crippen molar-refractivity contribution in [3.05, 3.63) is 35.4 Å². The number of rotatable bonds is 11. The first-order valence-corrected chi connectivity index (χ1v) is 9.44. The average Bonchev–Trinajstić information content (AvgIpc) is 2.54. The summed E-state index contributed by atoms with van der Waals surface area (Å²) in [6.07, 6.45) is 14.9. The van der Waals surface area contributed by atoms with Gasteiger partial charge < -0.3 is 0 Å². The van der Waals surface area contributed by atoms with Gasteiger partial charge in [-0.1, -0.05) is 96.9 Å². The Morgan fingerprint density at radius 2 is 0.857 bits per heavy atom. The summed E-state index contributed by atoms with van der Waals surface area (Å²) in [6.45, 7) is 8.55. The predicted molar refractivity (Wildman–Crippen MR) is 98.1 cm³/mol. The number of benzene rings is 1. The predicted octanol–water partition coefficient (Wildman–Crippen LogP) is 7.35. The van der Waals surface area contributed by atoms with Gasteiger partial charge in [0.1, 0.15) is 0 Å². The fourth-order valence-electron chi connectivity index (χ4n) is 2.56. The van der Waals surface area contributed by atoms with Crippen molar-refractivity contribution >= 4 is 0 Å². The highest BCUT2D eigenvalue weighted by atomic mass is 14.0. The molecule has 0 aromatic heterocycles. The van der Waals surface area contributed by atoms with Gasteiger partial charge in [0.15, 0.2) is 0 Å². The standard InChI is InChI=1S/C19H32.C2H6/c1-3-5-7-8-9-11-13-19-16-14-18(15-17-19)12-10-6-4-2;1-2/h14-17H,3-13H2,1-2H3;1-2H3. The van der Waals surface area contributed by atoms with Gasteiger partial charge in [0.05, 0.1) is 0 Å². The molecule has 0 heterocycles. The molecular formula is C21H38. The number of hydrogen-bond donors (Lipinski definition) is 0. The molecule has 0 fully saturated rings. The molecule has 0 bridgehead atoms. The van der Waals surface area contributed by atoms with E-state index < -0.39 is 0 Å². The molecule has 1 rings (SSSR count). The monoisotopic (exact) mass is 290 g/mol. The highest BCUT2D eigenvalue weighted by Crippen LogP contribution is 2.12. The molecule has 0 nitrogen and oxygen atoms in total. The van der Waals surface area contributed by atoms with Gasteiger partial charge in [-0.05, 0) is 36.8 Å². The third kappa shape index (κ3) is 11.5. The molecule has 0 aliphatic rings. The quantitative estimate of drug-likeness (QED) is 0.374. The zero-order chi connectivity index (χ0) is 15.8. The fraction of sp³-hybridized carbons (Fsp3) is 0.714. The Morgan fingerprint density at radius 3 is 1.33 bits per heavy atom. The van der Waals surface area contributed by atoms with Crippen LogP contribution < -0.4 is 0 Å². The van der Waals surface area contributed by atoms with Gasteiger partial charge in [0.25, 0.3) is 0 Å². The Bertz CT molecular complexity index is 296. The van der Waals surface area contributed by atoms with Crippen molar-refractivity contribution in [2.45, 2.75) is 98.3 Å². The second-order valence-corrected chi connectivity index (χ2v) is 5.79. The van der Waals surface area contributed by atoms with Crippen molar-refractivity contribution in [1.82, 2.24) is 0 Å². The van der Waals surface area contributed by atoms with Crippen LogP contribution in [0.3, 0.4) is 0 Å². The highest BCUT2D eigenvalue weighted by Gasteiger charge is 1.96. The van der Waals surface area contributed by atoms with Crippen LogP contribution in [0.2, 0.25) is 0 Å². The molecule has 1 aromatic carbocycles. The molecular weight excluding hydrogens is 252 g/mol. The Hall–Kier alpha value is -0.780. The van der Waals surface area contributed by atoms with Crippen LogP contribution in [0.1, 0.15) is 96.6 Å². The third-order valence-corrected chi connectivity index (χ3v) is 3.91. The van der Waals surface area contributed by atoms with Crippen LogP contribution in [-0.2, 0) is 12.8 Å². The molecule has 0 atom stereocenters. The lowest BCUT2D eigenvalue weighted by atomic mass is 10.0. The van der Waals surface area contributed by atoms with Crippen molar-refractivity contribution in [3.63, 3.8) is 0 Å². The molecule has 0 saturated carbocycles. The first kappa shape index (κ1) is 20.2. The molecule has 0 aliphatic heterocycles. The van der Waals surface area contributed by atoms with Crippen molar-refractivity contribution in [2.24, 2.45) is 0 Å². The molecule has 122 valence electrons. The summed E-state index contributed by atoms with van der Waals surface area (Å²) in [5.41, 5.74) is 3.04. The lowest BCUT2D eigenvalue weighted by molar-refractivity contribution is 0.607. The van der Waals surface area contributed by atoms with Gasteiger partial charge >= 0.3 is 0 Å². The second kappa shape index (κ2) is 15.6. The minimum Gasteiger partial charge on any atom is -0.0683 e. The Kier molecular flexibility index (Phi) is 15.0. The molecule has 0 aliphatic carbocycles. The van der Waals surface area contributed by atoms with E-state index in [-0.39, 0.29) is 0 Å². The van der Waals surface area contributed by atoms with E-state index in [4.69, 9.17) is 0 Å². The molecule has 0 saturated heterocycles. The lowest BCUT2D eigenvalue weighted by Crippen LogP contribution is -1.89. The number of hydrogen-bond acceptors (Lipinski definition) is 0. The first-order valence-electron chi connectivity index (χ1n) is 9.44. The third-order valence-electron chi connectivity index (χ3n) is 3.91. The van der Waals surface area contributed by atoms with Crippen LogP contribution in [0.4, 0.5) is 0 Å². The molecule has 0 spiro atoms. The molecule has 0 N–H and O–H groups in total. The summed E-state index contributed by atoms with van der Waals surface area (Å²) in [5.74, 6) is 0. The van der Waals surface area contributed by atoms with Crippen LogP contribution in [0.5, 0.6) is 0 Å². The molecule has 21 heavy (non-hydrogen) atoms. The van der Waals surface area contributed by atoms with Crippen LogP contribution in [0.25, 0.3) is 0 Å². The van der Waals surface area contributed by atoms with Gasteiger partial charge in [-0.25, -0.2) is 0 Å². The van der Waals surface area contributed by atoms with Crippen molar-refractivity contribution in [1.29, 1.82) is 0 Å². The summed E-state index contributed by atoms with van der Waals surface area (Å²) in [5, 5.41) is 0. The molecule has 0 radical (unpaired) electrons. The van der Waals surface area contributed by atoms with Crippen molar-refractivity contribution in [3.8, 4) is 0 Å². The van der Waals surface area contributed by atoms with Crippen LogP contribution in [0, 0.1) is 0 Å². The minimum absolute atomic E-state index is 1.26. The molecule has 0 amide bonds. The summed E-state index contributed by atoms with van der Waals surface area (Å²) >= 11 is 0. The van der Waals surface area contributed by atoms with E-state index in [1.807, 2.05) is 13.8 Å². The van der Waals surface area contributed by atoms with E-state index in [1.165, 1.54) is 81.8 Å². The van der Waals surface area contributed by atoms with Gasteiger partial charge in [-0.15, -0.1) is 0 Å². The zero-order valence-electron chi connectivity index (χ0n) is 15.1. The van der Waals surface area contributed by atoms with E-state index in [9.17, 15) is 0 Å². The van der Waals surface area contributed by atoms with E-state index in [0.717, 1.165) is 0 Å². The molecule has 0 unspecified atom stereocenters. The SMILES string of the molecule is CC.CCCCCCCCc1ccc(CCCCC)cc1. The van der Waals surface area contributed by atoms with Gasteiger partial charge in [-0.2, -0.15) is 0 Å². The van der Waals surface area contributed by atoms with Gasteiger partial charge in [-0.3, -0.25) is 0 Å². The topological polar surface area (TPSA) is 0 Å². The summed E-state index contributed by atoms with van der Waals surface area (Å²) in [4.78, 5) is 0. The van der Waals surface area contributed by atoms with Crippen molar-refractivity contribution < 1.29 is 0 Å². The molecule has 0 heteroatoms. The number of unbranched alkanes of at least 4 members (excludes halogenated alkanes) is 7. The summed E-state index contributed by atoms with van der Waals surface area (Å²) in [6, 6.07) is 9.35.